The van der Waals surface area contributed by atoms with Crippen LogP contribution in [0.25, 0.3) is 11.0 Å². The van der Waals surface area contributed by atoms with Crippen LogP contribution in [0.1, 0.15) is 51.0 Å². The predicted molar refractivity (Wildman–Crippen MR) is 84.0 cm³/mol. The number of nitrogens with two attached hydrogens (primary N) is 1. The highest BCUT2D eigenvalue weighted by atomic mass is 16.4. The van der Waals surface area contributed by atoms with Gasteiger partial charge in [0.05, 0.1) is 0 Å². The van der Waals surface area contributed by atoms with Gasteiger partial charge in [0.2, 0.25) is 0 Å². The van der Waals surface area contributed by atoms with Crippen molar-refractivity contribution in [2.24, 2.45) is 0 Å². The first kappa shape index (κ1) is 14.6. The minimum absolute atomic E-state index is 0.325. The monoisotopic (exact) mass is 273 g/mol. The van der Waals surface area contributed by atoms with Crippen LogP contribution in [-0.2, 0) is 6.42 Å². The Labute approximate surface area is 119 Å². The minimum Gasteiger partial charge on any atom is -0.423 e. The number of aryl methyl sites for hydroxylation is 1. The highest BCUT2D eigenvalue weighted by Gasteiger charge is 2.05. The first-order chi connectivity index (χ1) is 9.70. The summed E-state index contributed by atoms with van der Waals surface area (Å²) in [7, 11) is 0. The molecule has 108 valence electrons. The molecular formula is C17H23NO2. The Morgan fingerprint density at radius 2 is 1.80 bits per heavy atom. The largest absolute Gasteiger partial charge is 0.423 e. The Morgan fingerprint density at radius 3 is 2.60 bits per heavy atom. The smallest absolute Gasteiger partial charge is 0.336 e. The molecule has 0 amide bonds. The van der Waals surface area contributed by atoms with E-state index in [2.05, 4.69) is 6.92 Å². The van der Waals surface area contributed by atoms with E-state index < -0.39 is 0 Å². The maximum absolute atomic E-state index is 11.3. The van der Waals surface area contributed by atoms with Crippen LogP contribution in [0.5, 0.6) is 0 Å². The predicted octanol–water partition coefficient (Wildman–Crippen LogP) is 4.28. The molecule has 0 saturated heterocycles. The van der Waals surface area contributed by atoms with Gasteiger partial charge >= 0.3 is 5.63 Å². The lowest BCUT2D eigenvalue weighted by Crippen LogP contribution is -1.98. The fourth-order valence-electron chi connectivity index (χ4n) is 2.58. The van der Waals surface area contributed by atoms with E-state index in [0.717, 1.165) is 18.2 Å². The van der Waals surface area contributed by atoms with Crippen LogP contribution < -0.4 is 11.4 Å². The molecule has 0 aliphatic rings. The van der Waals surface area contributed by atoms with E-state index in [1.54, 1.807) is 6.07 Å². The lowest BCUT2D eigenvalue weighted by molar-refractivity contribution is 0.560. The fourth-order valence-corrected chi connectivity index (χ4v) is 2.58. The molecule has 3 heteroatoms. The first-order valence-electron chi connectivity index (χ1n) is 7.53. The van der Waals surface area contributed by atoms with Crippen LogP contribution in [0.3, 0.4) is 0 Å². The highest BCUT2D eigenvalue weighted by Crippen LogP contribution is 2.23. The molecule has 0 radical (unpaired) electrons. The highest BCUT2D eigenvalue weighted by molar-refractivity contribution is 5.83. The van der Waals surface area contributed by atoms with Crippen molar-refractivity contribution in [3.63, 3.8) is 0 Å². The third-order valence-corrected chi connectivity index (χ3v) is 3.65. The number of unbranched alkanes of at least 4 members (excludes halogenated alkanes) is 5. The molecule has 0 fully saturated rings. The van der Waals surface area contributed by atoms with Crippen molar-refractivity contribution in [1.82, 2.24) is 0 Å². The van der Waals surface area contributed by atoms with Crippen LogP contribution in [0.15, 0.2) is 33.5 Å². The van der Waals surface area contributed by atoms with Crippen LogP contribution >= 0.6 is 0 Å². The SMILES string of the molecule is CCCCCCCCc1cc(N)cc2oc(=O)ccc12. The number of rotatable bonds is 7. The maximum Gasteiger partial charge on any atom is 0.336 e. The minimum atomic E-state index is -0.325. The van der Waals surface area contributed by atoms with Gasteiger partial charge in [0, 0.05) is 23.2 Å². The normalized spacial score (nSPS) is 11.1. The second-order valence-corrected chi connectivity index (χ2v) is 5.36. The second kappa shape index (κ2) is 7.13. The number of fused-ring (bicyclic) bond motifs is 1. The average molecular weight is 273 g/mol. The summed E-state index contributed by atoms with van der Waals surface area (Å²) in [4.78, 5) is 11.3. The zero-order valence-electron chi connectivity index (χ0n) is 12.2. The van der Waals surface area contributed by atoms with E-state index in [1.165, 1.54) is 43.7 Å². The van der Waals surface area contributed by atoms with E-state index in [1.807, 2.05) is 12.1 Å². The molecule has 2 aromatic rings. The van der Waals surface area contributed by atoms with Crippen molar-refractivity contribution in [1.29, 1.82) is 0 Å². The summed E-state index contributed by atoms with van der Waals surface area (Å²) < 4.78 is 5.21. The molecule has 1 heterocycles. The van der Waals surface area contributed by atoms with Crippen molar-refractivity contribution in [3.8, 4) is 0 Å². The number of hydrogen-bond donors (Lipinski definition) is 1. The van der Waals surface area contributed by atoms with Gasteiger partial charge < -0.3 is 10.2 Å². The molecule has 0 atom stereocenters. The zero-order chi connectivity index (χ0) is 14.4. The Kier molecular flexibility index (Phi) is 5.22. The summed E-state index contributed by atoms with van der Waals surface area (Å²) in [5.74, 6) is 0. The van der Waals surface area contributed by atoms with Crippen molar-refractivity contribution in [2.45, 2.75) is 51.9 Å². The fraction of sp³-hybridized carbons (Fsp3) is 0.471. The molecule has 0 aliphatic heterocycles. The topological polar surface area (TPSA) is 56.2 Å². The molecular weight excluding hydrogens is 250 g/mol. The van der Waals surface area contributed by atoms with Crippen molar-refractivity contribution >= 4 is 16.7 Å². The van der Waals surface area contributed by atoms with Gasteiger partial charge in [0.15, 0.2) is 0 Å². The summed E-state index contributed by atoms with van der Waals surface area (Å²) in [6.45, 7) is 2.23. The molecule has 0 saturated carbocycles. The van der Waals surface area contributed by atoms with Gasteiger partial charge in [-0.25, -0.2) is 4.79 Å². The second-order valence-electron chi connectivity index (χ2n) is 5.36. The number of benzene rings is 1. The molecule has 20 heavy (non-hydrogen) atoms. The molecule has 1 aromatic carbocycles. The molecule has 3 nitrogen and oxygen atoms in total. The van der Waals surface area contributed by atoms with Gasteiger partial charge in [-0.15, -0.1) is 0 Å². The summed E-state index contributed by atoms with van der Waals surface area (Å²) in [5, 5.41) is 1.01. The zero-order valence-corrected chi connectivity index (χ0v) is 12.2. The third kappa shape index (κ3) is 3.86. The Hall–Kier alpha value is -1.77. The Morgan fingerprint density at radius 1 is 1.05 bits per heavy atom. The van der Waals surface area contributed by atoms with Crippen LogP contribution in [-0.4, -0.2) is 0 Å². The van der Waals surface area contributed by atoms with Gasteiger partial charge in [-0.05, 0) is 30.5 Å². The molecule has 0 bridgehead atoms. The number of hydrogen-bond acceptors (Lipinski definition) is 3. The molecule has 2 rings (SSSR count). The van der Waals surface area contributed by atoms with E-state index in [-0.39, 0.29) is 5.63 Å². The average Bonchev–Trinajstić information content (AvgIpc) is 2.41. The lowest BCUT2D eigenvalue weighted by Gasteiger charge is -2.07. The first-order valence-corrected chi connectivity index (χ1v) is 7.53. The summed E-state index contributed by atoms with van der Waals surface area (Å²) in [6.07, 6.45) is 8.60. The van der Waals surface area contributed by atoms with Gasteiger partial charge in [-0.3, -0.25) is 0 Å². The molecule has 2 N–H and O–H groups in total. The number of nitrogen functional groups attached to an aromatic ring is 1. The van der Waals surface area contributed by atoms with Crippen molar-refractivity contribution < 1.29 is 4.42 Å². The standard InChI is InChI=1S/C17H23NO2/c1-2-3-4-5-6-7-8-13-11-14(18)12-16-15(13)9-10-17(19)20-16/h9-12H,2-8,18H2,1H3. The maximum atomic E-state index is 11.3. The van der Waals surface area contributed by atoms with Gasteiger partial charge in [-0.2, -0.15) is 0 Å². The van der Waals surface area contributed by atoms with E-state index >= 15 is 0 Å². The van der Waals surface area contributed by atoms with E-state index in [9.17, 15) is 4.79 Å². The summed E-state index contributed by atoms with van der Waals surface area (Å²) in [5.41, 5.74) is 7.99. The lowest BCUT2D eigenvalue weighted by atomic mass is 10.0. The summed E-state index contributed by atoms with van der Waals surface area (Å²) >= 11 is 0. The molecule has 0 unspecified atom stereocenters. The third-order valence-electron chi connectivity index (χ3n) is 3.65. The molecule has 1 aromatic heterocycles. The van der Waals surface area contributed by atoms with E-state index in [0.29, 0.717) is 11.3 Å². The quantitative estimate of drug-likeness (QED) is 0.465. The Balaban J connectivity index is 2.04. The van der Waals surface area contributed by atoms with Crippen LogP contribution in [0.4, 0.5) is 5.69 Å². The molecule has 0 aliphatic carbocycles. The Bertz CT molecular complexity index is 616. The van der Waals surface area contributed by atoms with Gasteiger partial charge in [0.1, 0.15) is 5.58 Å². The molecule has 0 spiro atoms. The van der Waals surface area contributed by atoms with Crippen molar-refractivity contribution in [3.05, 3.63) is 40.2 Å². The van der Waals surface area contributed by atoms with Crippen LogP contribution in [0.2, 0.25) is 0 Å². The van der Waals surface area contributed by atoms with Gasteiger partial charge in [-0.1, -0.05) is 39.0 Å². The summed E-state index contributed by atoms with van der Waals surface area (Å²) in [6, 6.07) is 7.03. The van der Waals surface area contributed by atoms with Crippen molar-refractivity contribution in [2.75, 3.05) is 5.73 Å². The number of anilines is 1. The van der Waals surface area contributed by atoms with E-state index in [4.69, 9.17) is 10.2 Å². The van der Waals surface area contributed by atoms with Gasteiger partial charge in [0.25, 0.3) is 0 Å². The van der Waals surface area contributed by atoms with Crippen LogP contribution in [0, 0.1) is 0 Å².